The van der Waals surface area contributed by atoms with Crippen molar-refractivity contribution in [1.82, 2.24) is 14.8 Å². The summed E-state index contributed by atoms with van der Waals surface area (Å²) in [5, 5.41) is 4.28. The van der Waals surface area contributed by atoms with Gasteiger partial charge < -0.3 is 0 Å². The van der Waals surface area contributed by atoms with Crippen molar-refractivity contribution in [3.8, 4) is 11.4 Å². The quantitative estimate of drug-likeness (QED) is 0.781. The van der Waals surface area contributed by atoms with E-state index in [1.807, 2.05) is 28.9 Å². The first kappa shape index (κ1) is 10.4. The summed E-state index contributed by atoms with van der Waals surface area (Å²) in [4.78, 5) is 4.41. The molecule has 78 valence electrons. The molecule has 0 saturated heterocycles. The molecule has 0 atom stereocenters. The lowest BCUT2D eigenvalue weighted by atomic mass is 10.2. The second-order valence-corrected chi connectivity index (χ2v) is 4.41. The molecule has 0 radical (unpaired) electrons. The van der Waals surface area contributed by atoms with E-state index in [2.05, 4.69) is 39.9 Å². The summed E-state index contributed by atoms with van der Waals surface area (Å²) in [7, 11) is 0. The second-order valence-electron chi connectivity index (χ2n) is 3.60. The van der Waals surface area contributed by atoms with Crippen molar-refractivity contribution >= 4 is 15.9 Å². The van der Waals surface area contributed by atoms with Gasteiger partial charge in [0, 0.05) is 12.2 Å². The Bertz CT molecular complexity index is 462. The molecule has 0 amide bonds. The van der Waals surface area contributed by atoms with E-state index in [4.69, 9.17) is 0 Å². The minimum atomic E-state index is 0.343. The molecule has 0 aliphatic carbocycles. The van der Waals surface area contributed by atoms with Crippen molar-refractivity contribution in [1.29, 1.82) is 0 Å². The van der Waals surface area contributed by atoms with Crippen molar-refractivity contribution in [2.45, 2.75) is 19.9 Å². The van der Waals surface area contributed by atoms with Gasteiger partial charge in [0.05, 0.1) is 11.4 Å². The van der Waals surface area contributed by atoms with Crippen molar-refractivity contribution in [3.05, 3.63) is 35.1 Å². The monoisotopic (exact) mass is 265 g/mol. The Morgan fingerprint density at radius 2 is 2.07 bits per heavy atom. The van der Waals surface area contributed by atoms with E-state index >= 15 is 0 Å². The number of hydrogen-bond donors (Lipinski definition) is 0. The highest BCUT2D eigenvalue weighted by Crippen LogP contribution is 2.21. The standard InChI is InChI=1S/C11H12BrN3/c1-8(2)15-10(6-7-13-15)9-4-3-5-11(12)14-9/h3-8H,1-2H3. The van der Waals surface area contributed by atoms with Gasteiger partial charge >= 0.3 is 0 Å². The zero-order valence-corrected chi connectivity index (χ0v) is 10.3. The highest BCUT2D eigenvalue weighted by atomic mass is 79.9. The van der Waals surface area contributed by atoms with E-state index in [9.17, 15) is 0 Å². The van der Waals surface area contributed by atoms with Crippen molar-refractivity contribution < 1.29 is 0 Å². The van der Waals surface area contributed by atoms with Crippen LogP contribution in [0.25, 0.3) is 11.4 Å². The van der Waals surface area contributed by atoms with Crippen LogP contribution in [0.5, 0.6) is 0 Å². The predicted octanol–water partition coefficient (Wildman–Crippen LogP) is 3.29. The van der Waals surface area contributed by atoms with Crippen LogP contribution in [0.1, 0.15) is 19.9 Å². The molecule has 0 saturated carbocycles. The summed E-state index contributed by atoms with van der Waals surface area (Å²) in [6.07, 6.45) is 1.80. The molecule has 2 aromatic heterocycles. The van der Waals surface area contributed by atoms with E-state index < -0.39 is 0 Å². The van der Waals surface area contributed by atoms with Gasteiger partial charge in [-0.25, -0.2) is 4.98 Å². The Hall–Kier alpha value is -1.16. The molecule has 0 aliphatic rings. The lowest BCUT2D eigenvalue weighted by Crippen LogP contribution is -2.05. The van der Waals surface area contributed by atoms with Crippen molar-refractivity contribution in [3.63, 3.8) is 0 Å². The summed E-state index contributed by atoms with van der Waals surface area (Å²) in [6, 6.07) is 8.20. The summed E-state index contributed by atoms with van der Waals surface area (Å²) in [5.74, 6) is 0. The summed E-state index contributed by atoms with van der Waals surface area (Å²) >= 11 is 3.37. The maximum absolute atomic E-state index is 4.41. The molecular formula is C11H12BrN3. The lowest BCUT2D eigenvalue weighted by Gasteiger charge is -2.10. The molecule has 0 aliphatic heterocycles. The third-order valence-corrected chi connectivity index (χ3v) is 2.58. The SMILES string of the molecule is CC(C)n1nccc1-c1cccc(Br)n1. The topological polar surface area (TPSA) is 30.7 Å². The lowest BCUT2D eigenvalue weighted by molar-refractivity contribution is 0.538. The van der Waals surface area contributed by atoms with Crippen LogP contribution in [-0.2, 0) is 0 Å². The van der Waals surface area contributed by atoms with Crippen LogP contribution >= 0.6 is 15.9 Å². The molecule has 2 aromatic rings. The number of nitrogens with zero attached hydrogens (tertiary/aromatic N) is 3. The smallest absolute Gasteiger partial charge is 0.106 e. The van der Waals surface area contributed by atoms with E-state index in [0.29, 0.717) is 6.04 Å². The van der Waals surface area contributed by atoms with Crippen LogP contribution in [0.4, 0.5) is 0 Å². The maximum atomic E-state index is 4.41. The molecule has 0 bridgehead atoms. The van der Waals surface area contributed by atoms with Gasteiger partial charge in [-0.3, -0.25) is 4.68 Å². The average molecular weight is 266 g/mol. The van der Waals surface area contributed by atoms with Crippen LogP contribution in [0, 0.1) is 0 Å². The first-order valence-electron chi connectivity index (χ1n) is 4.85. The third kappa shape index (κ3) is 2.09. The fourth-order valence-electron chi connectivity index (χ4n) is 1.48. The molecule has 0 N–H and O–H groups in total. The first-order valence-corrected chi connectivity index (χ1v) is 5.64. The van der Waals surface area contributed by atoms with Gasteiger partial charge in [0.15, 0.2) is 0 Å². The molecule has 0 fully saturated rings. The zero-order valence-electron chi connectivity index (χ0n) is 8.68. The fraction of sp³-hybridized carbons (Fsp3) is 0.273. The third-order valence-electron chi connectivity index (χ3n) is 2.14. The first-order chi connectivity index (χ1) is 7.18. The molecule has 3 nitrogen and oxygen atoms in total. The van der Waals surface area contributed by atoms with E-state index in [0.717, 1.165) is 16.0 Å². The molecule has 4 heteroatoms. The van der Waals surface area contributed by atoms with E-state index in [-0.39, 0.29) is 0 Å². The normalized spacial score (nSPS) is 10.9. The van der Waals surface area contributed by atoms with Crippen LogP contribution in [0.2, 0.25) is 0 Å². The second kappa shape index (κ2) is 4.14. The highest BCUT2D eigenvalue weighted by Gasteiger charge is 2.08. The number of hydrogen-bond acceptors (Lipinski definition) is 2. The van der Waals surface area contributed by atoms with Gasteiger partial charge in [-0.2, -0.15) is 5.10 Å². The molecule has 0 aromatic carbocycles. The minimum Gasteiger partial charge on any atom is -0.261 e. The maximum Gasteiger partial charge on any atom is 0.106 e. The van der Waals surface area contributed by atoms with Crippen molar-refractivity contribution in [2.75, 3.05) is 0 Å². The molecule has 2 rings (SSSR count). The summed E-state index contributed by atoms with van der Waals surface area (Å²) < 4.78 is 2.81. The highest BCUT2D eigenvalue weighted by molar-refractivity contribution is 9.10. The Labute approximate surface area is 97.3 Å². The molecule has 0 unspecified atom stereocenters. The molecule has 0 spiro atoms. The van der Waals surface area contributed by atoms with Crippen LogP contribution < -0.4 is 0 Å². The average Bonchev–Trinajstić information content (AvgIpc) is 2.65. The van der Waals surface area contributed by atoms with Crippen molar-refractivity contribution in [2.24, 2.45) is 0 Å². The number of rotatable bonds is 2. The van der Waals surface area contributed by atoms with Gasteiger partial charge in [0.1, 0.15) is 4.60 Å². The predicted molar refractivity (Wildman–Crippen MR) is 63.5 cm³/mol. The summed E-state index contributed by atoms with van der Waals surface area (Å²) in [5.41, 5.74) is 1.99. The Morgan fingerprint density at radius 1 is 1.27 bits per heavy atom. The number of aromatic nitrogens is 3. The van der Waals surface area contributed by atoms with Gasteiger partial charge in [0.25, 0.3) is 0 Å². The Kier molecular flexibility index (Phi) is 2.86. The fourth-order valence-corrected chi connectivity index (χ4v) is 1.82. The van der Waals surface area contributed by atoms with E-state index in [1.54, 1.807) is 6.20 Å². The van der Waals surface area contributed by atoms with E-state index in [1.165, 1.54) is 0 Å². The number of pyridine rings is 1. The minimum absolute atomic E-state index is 0.343. The van der Waals surface area contributed by atoms with Gasteiger partial charge in [-0.1, -0.05) is 6.07 Å². The van der Waals surface area contributed by atoms with Crippen LogP contribution in [0.15, 0.2) is 35.1 Å². The van der Waals surface area contributed by atoms with Gasteiger partial charge in [-0.15, -0.1) is 0 Å². The molecule has 2 heterocycles. The zero-order chi connectivity index (χ0) is 10.8. The summed E-state index contributed by atoms with van der Waals surface area (Å²) in [6.45, 7) is 4.21. The molecular weight excluding hydrogens is 254 g/mol. The Balaban J connectivity index is 2.49. The van der Waals surface area contributed by atoms with Crippen LogP contribution in [0.3, 0.4) is 0 Å². The van der Waals surface area contributed by atoms with Gasteiger partial charge in [0.2, 0.25) is 0 Å². The Morgan fingerprint density at radius 3 is 2.73 bits per heavy atom. The van der Waals surface area contributed by atoms with Crippen LogP contribution in [-0.4, -0.2) is 14.8 Å². The molecule has 15 heavy (non-hydrogen) atoms. The largest absolute Gasteiger partial charge is 0.261 e. The number of halogens is 1. The van der Waals surface area contributed by atoms with Gasteiger partial charge in [-0.05, 0) is 48.0 Å².